The summed E-state index contributed by atoms with van der Waals surface area (Å²) in [4.78, 5) is 0. The van der Waals surface area contributed by atoms with E-state index in [1.54, 1.807) is 13.0 Å². The molecule has 18 heavy (non-hydrogen) atoms. The first-order valence-corrected chi connectivity index (χ1v) is 9.60. The summed E-state index contributed by atoms with van der Waals surface area (Å²) in [6.07, 6.45) is 3.61. The van der Waals surface area contributed by atoms with Crippen molar-refractivity contribution in [3.8, 4) is 6.07 Å². The molecule has 1 aromatic rings. The van der Waals surface area contributed by atoms with Crippen LogP contribution in [0.25, 0.3) is 6.08 Å². The smallest absolute Gasteiger partial charge is 0.186 e. The first-order valence-electron chi connectivity index (χ1n) is 5.81. The summed E-state index contributed by atoms with van der Waals surface area (Å²) in [7, 11) is -1.77. The fourth-order valence-electron chi connectivity index (χ4n) is 1.59. The second-order valence-corrected chi connectivity index (χ2v) is 10.1. The summed E-state index contributed by atoms with van der Waals surface area (Å²) in [6.45, 7) is 7.96. The zero-order valence-corrected chi connectivity index (χ0v) is 13.0. The van der Waals surface area contributed by atoms with E-state index >= 15 is 0 Å². The van der Waals surface area contributed by atoms with E-state index in [-0.39, 0.29) is 0 Å². The van der Waals surface area contributed by atoms with Gasteiger partial charge in [-0.25, -0.2) is 0 Å². The van der Waals surface area contributed by atoms with Crippen LogP contribution in [0.4, 0.5) is 0 Å². The summed E-state index contributed by atoms with van der Waals surface area (Å²) < 4.78 is 5.88. The van der Waals surface area contributed by atoms with Crippen molar-refractivity contribution >= 4 is 26.0 Å². The Morgan fingerprint density at radius 2 is 1.94 bits per heavy atom. The van der Waals surface area contributed by atoms with Crippen molar-refractivity contribution in [2.24, 2.45) is 0 Å². The van der Waals surface area contributed by atoms with Gasteiger partial charge in [-0.1, -0.05) is 35.9 Å². The zero-order valence-electron chi connectivity index (χ0n) is 11.2. The number of halogens is 1. The third-order valence-corrected chi connectivity index (χ3v) is 3.61. The molecule has 1 atom stereocenters. The average Bonchev–Trinajstić information content (AvgIpc) is 2.26. The molecule has 0 unspecified atom stereocenters. The van der Waals surface area contributed by atoms with Gasteiger partial charge in [0.25, 0.3) is 0 Å². The number of nitrogens with zero attached hydrogens (tertiary/aromatic N) is 1. The highest BCUT2D eigenvalue weighted by Crippen LogP contribution is 2.22. The molecule has 0 amide bonds. The van der Waals surface area contributed by atoms with Crippen LogP contribution in [-0.4, -0.2) is 13.9 Å². The number of hydrogen-bond donors (Lipinski definition) is 0. The van der Waals surface area contributed by atoms with Crippen LogP contribution in [0.2, 0.25) is 24.7 Å². The van der Waals surface area contributed by atoms with Crippen molar-refractivity contribution in [1.29, 1.82) is 5.26 Å². The predicted octanol–water partition coefficient (Wildman–Crippen LogP) is 4.49. The van der Waals surface area contributed by atoms with E-state index in [1.807, 2.05) is 30.3 Å². The maximum atomic E-state index is 9.26. The molecule has 0 aliphatic rings. The molecule has 0 aliphatic heterocycles. The number of hydrogen-bond acceptors (Lipinski definition) is 2. The zero-order chi connectivity index (χ0) is 13.8. The fourth-order valence-corrected chi connectivity index (χ4v) is 3.17. The quantitative estimate of drug-likeness (QED) is 0.761. The molecule has 4 heteroatoms. The van der Waals surface area contributed by atoms with Crippen LogP contribution in [0.5, 0.6) is 0 Å². The SMILES string of the molecule is C[C@@](C#N)(/C=C/c1ccccc1Cl)O[Si](C)(C)C. The third kappa shape index (κ3) is 4.65. The van der Waals surface area contributed by atoms with Crippen LogP contribution >= 0.6 is 11.6 Å². The Balaban J connectivity index is 2.94. The highest BCUT2D eigenvalue weighted by Gasteiger charge is 2.29. The van der Waals surface area contributed by atoms with E-state index < -0.39 is 13.9 Å². The van der Waals surface area contributed by atoms with E-state index in [0.29, 0.717) is 5.02 Å². The molecule has 0 heterocycles. The van der Waals surface area contributed by atoms with E-state index in [2.05, 4.69) is 25.7 Å². The maximum absolute atomic E-state index is 9.26. The molecular formula is C14H18ClNOSi. The van der Waals surface area contributed by atoms with Gasteiger partial charge < -0.3 is 4.43 Å². The third-order valence-electron chi connectivity index (χ3n) is 2.23. The Morgan fingerprint density at radius 1 is 1.33 bits per heavy atom. The van der Waals surface area contributed by atoms with Crippen LogP contribution in [-0.2, 0) is 4.43 Å². The minimum atomic E-state index is -1.77. The highest BCUT2D eigenvalue weighted by atomic mass is 35.5. The molecule has 1 rings (SSSR count). The van der Waals surface area contributed by atoms with Gasteiger partial charge in [-0.15, -0.1) is 0 Å². The van der Waals surface area contributed by atoms with E-state index in [1.165, 1.54) is 0 Å². The van der Waals surface area contributed by atoms with Gasteiger partial charge in [-0.2, -0.15) is 5.26 Å². The molecule has 0 bridgehead atoms. The second kappa shape index (κ2) is 5.70. The summed E-state index contributed by atoms with van der Waals surface area (Å²) in [5.74, 6) is 0. The summed E-state index contributed by atoms with van der Waals surface area (Å²) in [5.41, 5.74) is -0.0104. The normalized spacial score (nSPS) is 15.3. The van der Waals surface area contributed by atoms with Gasteiger partial charge in [0.1, 0.15) is 6.07 Å². The van der Waals surface area contributed by atoms with Crippen LogP contribution in [0.15, 0.2) is 30.3 Å². The molecule has 0 aliphatic carbocycles. The Kier molecular flexibility index (Phi) is 4.75. The fraction of sp³-hybridized carbons (Fsp3) is 0.357. The van der Waals surface area contributed by atoms with Crippen molar-refractivity contribution in [1.82, 2.24) is 0 Å². The summed E-state index contributed by atoms with van der Waals surface area (Å²) in [5, 5.41) is 9.93. The Morgan fingerprint density at radius 3 is 2.44 bits per heavy atom. The highest BCUT2D eigenvalue weighted by molar-refractivity contribution is 6.69. The maximum Gasteiger partial charge on any atom is 0.186 e. The second-order valence-electron chi connectivity index (χ2n) is 5.29. The Labute approximate surface area is 115 Å². The molecule has 0 N–H and O–H groups in total. The molecule has 96 valence electrons. The molecule has 1 aromatic carbocycles. The van der Waals surface area contributed by atoms with Crippen molar-refractivity contribution in [2.75, 3.05) is 0 Å². The molecule has 0 spiro atoms. The standard InChI is InChI=1S/C14H18ClNOSi/c1-14(11-16,17-18(2,3)4)10-9-12-7-5-6-8-13(12)15/h5-10H,1-4H3/b10-9+/t14-/m0/s1. The Hall–Kier alpha value is -1.08. The largest absolute Gasteiger partial charge is 0.397 e. The summed E-state index contributed by atoms with van der Waals surface area (Å²) >= 11 is 6.06. The minimum absolute atomic E-state index is 0.669. The first kappa shape index (κ1) is 15.0. The van der Waals surface area contributed by atoms with Crippen LogP contribution in [0, 0.1) is 11.3 Å². The molecule has 0 saturated carbocycles. The molecule has 2 nitrogen and oxygen atoms in total. The lowest BCUT2D eigenvalue weighted by Crippen LogP contribution is -2.38. The van der Waals surface area contributed by atoms with Gasteiger partial charge in [-0.05, 0) is 44.3 Å². The topological polar surface area (TPSA) is 33.0 Å². The van der Waals surface area contributed by atoms with Crippen LogP contribution in [0.3, 0.4) is 0 Å². The lowest BCUT2D eigenvalue weighted by Gasteiger charge is -2.27. The molecule has 0 fully saturated rings. The lowest BCUT2D eigenvalue weighted by atomic mass is 10.1. The van der Waals surface area contributed by atoms with Gasteiger partial charge in [0.2, 0.25) is 0 Å². The molecular weight excluding hydrogens is 262 g/mol. The van der Waals surface area contributed by atoms with E-state index in [9.17, 15) is 5.26 Å². The minimum Gasteiger partial charge on any atom is -0.397 e. The predicted molar refractivity (Wildman–Crippen MR) is 78.9 cm³/mol. The average molecular weight is 280 g/mol. The van der Waals surface area contributed by atoms with E-state index in [0.717, 1.165) is 5.56 Å². The van der Waals surface area contributed by atoms with Crippen molar-refractivity contribution in [2.45, 2.75) is 32.2 Å². The van der Waals surface area contributed by atoms with Gasteiger partial charge in [0, 0.05) is 5.02 Å². The van der Waals surface area contributed by atoms with Crippen molar-refractivity contribution in [3.05, 3.63) is 40.9 Å². The lowest BCUT2D eigenvalue weighted by molar-refractivity contribution is 0.193. The van der Waals surface area contributed by atoms with Gasteiger partial charge in [0.05, 0.1) is 0 Å². The number of rotatable bonds is 4. The number of nitriles is 1. The molecule has 0 radical (unpaired) electrons. The van der Waals surface area contributed by atoms with Crippen molar-refractivity contribution < 1.29 is 4.43 Å². The van der Waals surface area contributed by atoms with Gasteiger partial charge >= 0.3 is 0 Å². The molecule has 0 saturated heterocycles. The number of benzene rings is 1. The van der Waals surface area contributed by atoms with Gasteiger partial charge in [-0.3, -0.25) is 0 Å². The summed E-state index contributed by atoms with van der Waals surface area (Å²) in [6, 6.07) is 9.73. The molecule has 0 aromatic heterocycles. The van der Waals surface area contributed by atoms with E-state index in [4.69, 9.17) is 16.0 Å². The van der Waals surface area contributed by atoms with Gasteiger partial charge in [0.15, 0.2) is 13.9 Å². The first-order chi connectivity index (χ1) is 8.26. The van der Waals surface area contributed by atoms with Crippen LogP contribution < -0.4 is 0 Å². The van der Waals surface area contributed by atoms with Crippen molar-refractivity contribution in [3.63, 3.8) is 0 Å². The Bertz CT molecular complexity index is 487. The van der Waals surface area contributed by atoms with Crippen LogP contribution in [0.1, 0.15) is 12.5 Å². The monoisotopic (exact) mass is 279 g/mol.